The fraction of sp³-hybridized carbons (Fsp3) is 0.364. The number of hydrogen-bond donors (Lipinski definition) is 0. The van der Waals surface area contributed by atoms with Crippen molar-refractivity contribution in [1.29, 1.82) is 0 Å². The molecule has 11 heteroatoms. The van der Waals surface area contributed by atoms with Gasteiger partial charge in [-0.25, -0.2) is 14.8 Å². The fourth-order valence-electron chi connectivity index (χ4n) is 1.42. The number of nitrogens with zero attached hydrogens (tertiary/aromatic N) is 5. The summed E-state index contributed by atoms with van der Waals surface area (Å²) in [4.78, 5) is 20.0. The number of aromatic nitrogens is 5. The lowest BCUT2D eigenvalue weighted by molar-refractivity contribution is -0.141. The number of esters is 1. The van der Waals surface area contributed by atoms with Crippen molar-refractivity contribution in [1.82, 2.24) is 25.0 Å². The first-order chi connectivity index (χ1) is 10.3. The van der Waals surface area contributed by atoms with Crippen LogP contribution in [0.2, 0.25) is 0 Å². The van der Waals surface area contributed by atoms with E-state index in [4.69, 9.17) is 4.74 Å². The van der Waals surface area contributed by atoms with Crippen molar-refractivity contribution in [3.8, 4) is 0 Å². The van der Waals surface area contributed by atoms with Gasteiger partial charge in [-0.15, -0.1) is 10.2 Å². The molecule has 0 aliphatic rings. The number of rotatable bonds is 4. The molecule has 0 aliphatic heterocycles. The Morgan fingerprint density at radius 1 is 1.41 bits per heavy atom. The second-order valence-electron chi connectivity index (χ2n) is 3.96. The Morgan fingerprint density at radius 2 is 2.14 bits per heavy atom. The van der Waals surface area contributed by atoms with E-state index in [1.165, 1.54) is 4.80 Å². The second-order valence-corrected chi connectivity index (χ2v) is 4.71. The summed E-state index contributed by atoms with van der Waals surface area (Å²) in [5, 5.41) is 7.75. The molecule has 0 atom stereocenters. The molecule has 0 aromatic carbocycles. The lowest BCUT2D eigenvalue weighted by Gasteiger charge is -2.07. The molecule has 0 amide bonds. The van der Waals surface area contributed by atoms with Crippen LogP contribution < -0.4 is 0 Å². The van der Waals surface area contributed by atoms with E-state index in [-0.39, 0.29) is 16.1 Å². The Morgan fingerprint density at radius 3 is 2.73 bits per heavy atom. The molecule has 0 aliphatic carbocycles. The van der Waals surface area contributed by atoms with Gasteiger partial charge in [0.2, 0.25) is 5.69 Å². The first-order valence-electron chi connectivity index (χ1n) is 5.98. The van der Waals surface area contributed by atoms with Crippen molar-refractivity contribution in [2.75, 3.05) is 0 Å². The average Bonchev–Trinajstić information content (AvgIpc) is 2.85. The SMILES string of the molecule is CCn1nc(Br)c(C(=O)OCc2nccc(C(F)(F)F)n2)n1. The van der Waals surface area contributed by atoms with Crippen molar-refractivity contribution in [2.24, 2.45) is 0 Å². The van der Waals surface area contributed by atoms with Gasteiger partial charge in [0.05, 0.1) is 6.54 Å². The maximum absolute atomic E-state index is 12.5. The summed E-state index contributed by atoms with van der Waals surface area (Å²) in [5.41, 5.74) is -1.18. The lowest BCUT2D eigenvalue weighted by atomic mass is 10.4. The Labute approximate surface area is 130 Å². The van der Waals surface area contributed by atoms with Gasteiger partial charge in [-0.2, -0.15) is 18.0 Å². The van der Waals surface area contributed by atoms with Crippen molar-refractivity contribution in [3.05, 3.63) is 34.1 Å². The number of halogens is 4. The Balaban J connectivity index is 2.06. The number of hydrogen-bond acceptors (Lipinski definition) is 6. The summed E-state index contributed by atoms with van der Waals surface area (Å²) in [6.07, 6.45) is -3.64. The fourth-order valence-corrected chi connectivity index (χ4v) is 1.84. The second kappa shape index (κ2) is 6.38. The molecule has 118 valence electrons. The zero-order chi connectivity index (χ0) is 16.3. The zero-order valence-electron chi connectivity index (χ0n) is 11.1. The van der Waals surface area contributed by atoms with Gasteiger partial charge in [-0.3, -0.25) is 0 Å². The first-order valence-corrected chi connectivity index (χ1v) is 6.77. The molecule has 2 aromatic rings. The van der Waals surface area contributed by atoms with E-state index in [0.29, 0.717) is 6.54 Å². The minimum Gasteiger partial charge on any atom is -0.453 e. The molecule has 2 heterocycles. The third kappa shape index (κ3) is 3.78. The van der Waals surface area contributed by atoms with E-state index in [0.717, 1.165) is 12.3 Å². The van der Waals surface area contributed by atoms with Gasteiger partial charge in [0, 0.05) is 6.20 Å². The largest absolute Gasteiger partial charge is 0.453 e. The summed E-state index contributed by atoms with van der Waals surface area (Å²) in [6.45, 7) is 1.72. The summed E-state index contributed by atoms with van der Waals surface area (Å²) >= 11 is 3.05. The van der Waals surface area contributed by atoms with Gasteiger partial charge in [-0.1, -0.05) is 0 Å². The molecule has 0 saturated carbocycles. The molecule has 0 bridgehead atoms. The van der Waals surface area contributed by atoms with Gasteiger partial charge in [0.1, 0.15) is 5.69 Å². The van der Waals surface area contributed by atoms with Crippen LogP contribution in [0.15, 0.2) is 16.9 Å². The van der Waals surface area contributed by atoms with Crippen LogP contribution in [0.3, 0.4) is 0 Å². The minimum atomic E-state index is -4.59. The third-order valence-electron chi connectivity index (χ3n) is 2.42. The molecule has 22 heavy (non-hydrogen) atoms. The van der Waals surface area contributed by atoms with E-state index < -0.39 is 24.4 Å². The Kier molecular flexibility index (Phi) is 4.74. The van der Waals surface area contributed by atoms with Crippen LogP contribution >= 0.6 is 15.9 Å². The van der Waals surface area contributed by atoms with Crippen molar-refractivity contribution >= 4 is 21.9 Å². The van der Waals surface area contributed by atoms with Gasteiger partial charge in [-0.05, 0) is 28.9 Å². The first kappa shape index (κ1) is 16.3. The van der Waals surface area contributed by atoms with Crippen LogP contribution in [0.4, 0.5) is 13.2 Å². The van der Waals surface area contributed by atoms with Crippen molar-refractivity contribution in [2.45, 2.75) is 26.3 Å². The summed E-state index contributed by atoms with van der Waals surface area (Å²) in [6, 6.07) is 0.731. The molecule has 0 N–H and O–H groups in total. The topological polar surface area (TPSA) is 82.8 Å². The van der Waals surface area contributed by atoms with Crippen LogP contribution in [0, 0.1) is 0 Å². The Bertz CT molecular complexity index is 689. The normalized spacial score (nSPS) is 11.5. The molecule has 2 aromatic heterocycles. The maximum Gasteiger partial charge on any atom is 0.433 e. The highest BCUT2D eigenvalue weighted by Crippen LogP contribution is 2.27. The monoisotopic (exact) mass is 379 g/mol. The summed E-state index contributed by atoms with van der Waals surface area (Å²) < 4.78 is 42.5. The molecule has 0 radical (unpaired) electrons. The number of aryl methyl sites for hydroxylation is 1. The number of ether oxygens (including phenoxy) is 1. The smallest absolute Gasteiger partial charge is 0.433 e. The van der Waals surface area contributed by atoms with Crippen molar-refractivity contribution < 1.29 is 22.7 Å². The average molecular weight is 380 g/mol. The quantitative estimate of drug-likeness (QED) is 0.757. The standard InChI is InChI=1S/C11H9BrF3N5O2/c1-2-20-18-8(9(12)19-20)10(21)22-5-7-16-4-3-6(17-7)11(13,14)15/h3-4H,2,5H2,1H3. The molecule has 0 fully saturated rings. The van der Waals surface area contributed by atoms with Gasteiger partial charge in [0.25, 0.3) is 0 Å². The van der Waals surface area contributed by atoms with Gasteiger partial charge in [0.15, 0.2) is 17.0 Å². The predicted octanol–water partition coefficient (Wildman–Crippen LogP) is 2.23. The van der Waals surface area contributed by atoms with E-state index in [2.05, 4.69) is 36.1 Å². The zero-order valence-corrected chi connectivity index (χ0v) is 12.7. The maximum atomic E-state index is 12.5. The molecule has 2 rings (SSSR count). The number of carbonyl (C=O) groups is 1. The van der Waals surface area contributed by atoms with Crippen LogP contribution in [-0.2, 0) is 24.1 Å². The molecule has 7 nitrogen and oxygen atoms in total. The number of alkyl halides is 3. The van der Waals surface area contributed by atoms with E-state index >= 15 is 0 Å². The summed E-state index contributed by atoms with van der Waals surface area (Å²) in [7, 11) is 0. The van der Waals surface area contributed by atoms with E-state index in [1.54, 1.807) is 6.92 Å². The number of carbonyl (C=O) groups excluding carboxylic acids is 1. The van der Waals surface area contributed by atoms with Gasteiger partial charge >= 0.3 is 12.1 Å². The van der Waals surface area contributed by atoms with Crippen LogP contribution in [0.1, 0.15) is 28.9 Å². The highest BCUT2D eigenvalue weighted by atomic mass is 79.9. The molecular weight excluding hydrogens is 371 g/mol. The third-order valence-corrected chi connectivity index (χ3v) is 2.95. The molecule has 0 saturated heterocycles. The van der Waals surface area contributed by atoms with Crippen LogP contribution in [0.25, 0.3) is 0 Å². The predicted molar refractivity (Wildman–Crippen MR) is 69.5 cm³/mol. The van der Waals surface area contributed by atoms with Gasteiger partial charge < -0.3 is 4.74 Å². The Hall–Kier alpha value is -2.04. The van der Waals surface area contributed by atoms with Crippen molar-refractivity contribution in [3.63, 3.8) is 0 Å². The van der Waals surface area contributed by atoms with E-state index in [9.17, 15) is 18.0 Å². The molecular formula is C11H9BrF3N5O2. The van der Waals surface area contributed by atoms with Crippen LogP contribution in [-0.4, -0.2) is 30.9 Å². The molecule has 0 spiro atoms. The van der Waals surface area contributed by atoms with Crippen LogP contribution in [0.5, 0.6) is 0 Å². The molecule has 0 unspecified atom stereocenters. The van der Waals surface area contributed by atoms with E-state index in [1.807, 2.05) is 0 Å². The highest BCUT2D eigenvalue weighted by Gasteiger charge is 2.32. The lowest BCUT2D eigenvalue weighted by Crippen LogP contribution is -2.13. The minimum absolute atomic E-state index is 0.0752. The summed E-state index contributed by atoms with van der Waals surface area (Å²) in [5.74, 6) is -1.10. The highest BCUT2D eigenvalue weighted by molar-refractivity contribution is 9.10.